The highest BCUT2D eigenvalue weighted by molar-refractivity contribution is 7.99. The minimum atomic E-state index is -0.181. The number of amides is 1. The summed E-state index contributed by atoms with van der Waals surface area (Å²) in [6.45, 7) is 1.48. The van der Waals surface area contributed by atoms with Gasteiger partial charge in [0.25, 0.3) is 0 Å². The van der Waals surface area contributed by atoms with Gasteiger partial charge in [0, 0.05) is 19.9 Å². The van der Waals surface area contributed by atoms with Gasteiger partial charge in [-0.2, -0.15) is 0 Å². The van der Waals surface area contributed by atoms with E-state index in [0.29, 0.717) is 25.0 Å². The van der Waals surface area contributed by atoms with Crippen LogP contribution in [-0.2, 0) is 27.9 Å². The van der Waals surface area contributed by atoms with Gasteiger partial charge in [0.05, 0.1) is 30.7 Å². The Bertz CT molecular complexity index is 681. The van der Waals surface area contributed by atoms with Crippen LogP contribution in [0.25, 0.3) is 0 Å². The van der Waals surface area contributed by atoms with E-state index in [2.05, 4.69) is 20.5 Å². The molecule has 1 aliphatic rings. The van der Waals surface area contributed by atoms with Crippen LogP contribution in [0.3, 0.4) is 0 Å². The molecule has 9 heteroatoms. The Morgan fingerprint density at radius 1 is 1.52 bits per heavy atom. The highest BCUT2D eigenvalue weighted by Crippen LogP contribution is 2.16. The summed E-state index contributed by atoms with van der Waals surface area (Å²) >= 11 is 1.36. The Hall–Kier alpha value is -1.97. The predicted octanol–water partition coefficient (Wildman–Crippen LogP) is 0.793. The molecule has 0 radical (unpaired) electrons. The number of hydrogen-bond acceptors (Lipinski definition) is 7. The summed E-state index contributed by atoms with van der Waals surface area (Å²) < 4.78 is 13.2. The Morgan fingerprint density at radius 3 is 3.20 bits per heavy atom. The molecular weight excluding hydrogens is 342 g/mol. The molecule has 1 aliphatic heterocycles. The van der Waals surface area contributed by atoms with Crippen molar-refractivity contribution in [2.24, 2.45) is 7.05 Å². The molecule has 2 aromatic heterocycles. The van der Waals surface area contributed by atoms with E-state index >= 15 is 0 Å². The first-order chi connectivity index (χ1) is 12.2. The number of aromatic nitrogens is 4. The van der Waals surface area contributed by atoms with Crippen LogP contribution < -0.4 is 5.32 Å². The van der Waals surface area contributed by atoms with Gasteiger partial charge in [-0.25, -0.2) is 0 Å². The first-order valence-electron chi connectivity index (χ1n) is 8.08. The van der Waals surface area contributed by atoms with Crippen LogP contribution in [0.1, 0.15) is 12.1 Å². The third-order valence-electron chi connectivity index (χ3n) is 3.82. The first-order valence-corrected chi connectivity index (χ1v) is 9.06. The van der Waals surface area contributed by atoms with Crippen LogP contribution in [0.4, 0.5) is 0 Å². The van der Waals surface area contributed by atoms with E-state index in [1.54, 1.807) is 17.1 Å². The van der Waals surface area contributed by atoms with Gasteiger partial charge in [-0.05, 0) is 18.6 Å². The SMILES string of the molecule is Cn1cnnc1SCC(=O)N[C@@H]1CCOC[C@H]1OCc1ccccn1. The molecule has 0 aromatic carbocycles. The number of hydrogen-bond donors (Lipinski definition) is 1. The second-order valence-corrected chi connectivity index (χ2v) is 6.66. The number of carbonyl (C=O) groups is 1. The van der Waals surface area contributed by atoms with Crippen molar-refractivity contribution in [3.63, 3.8) is 0 Å². The largest absolute Gasteiger partial charge is 0.379 e. The van der Waals surface area contributed by atoms with Gasteiger partial charge in [-0.3, -0.25) is 9.78 Å². The van der Waals surface area contributed by atoms with Gasteiger partial charge in [0.1, 0.15) is 12.4 Å². The van der Waals surface area contributed by atoms with E-state index < -0.39 is 0 Å². The van der Waals surface area contributed by atoms with E-state index in [4.69, 9.17) is 9.47 Å². The molecule has 0 saturated carbocycles. The van der Waals surface area contributed by atoms with Crippen LogP contribution in [0.2, 0.25) is 0 Å². The summed E-state index contributed by atoms with van der Waals surface area (Å²) in [5.74, 6) is 0.239. The van der Waals surface area contributed by atoms with Gasteiger partial charge < -0.3 is 19.4 Å². The van der Waals surface area contributed by atoms with E-state index in [1.165, 1.54) is 11.8 Å². The van der Waals surface area contributed by atoms with Gasteiger partial charge in [0.15, 0.2) is 5.16 Å². The van der Waals surface area contributed by atoms with E-state index in [0.717, 1.165) is 12.1 Å². The highest BCUT2D eigenvalue weighted by Gasteiger charge is 2.28. The number of carbonyl (C=O) groups excluding carboxylic acids is 1. The molecule has 1 amide bonds. The Kier molecular flexibility index (Phi) is 6.37. The van der Waals surface area contributed by atoms with Crippen molar-refractivity contribution in [2.75, 3.05) is 19.0 Å². The third-order valence-corrected chi connectivity index (χ3v) is 4.86. The van der Waals surface area contributed by atoms with Gasteiger partial charge in [-0.15, -0.1) is 10.2 Å². The van der Waals surface area contributed by atoms with Gasteiger partial charge in [-0.1, -0.05) is 17.8 Å². The maximum Gasteiger partial charge on any atom is 0.230 e. The molecule has 2 aromatic rings. The van der Waals surface area contributed by atoms with E-state index in [1.807, 2.05) is 25.2 Å². The molecular formula is C16H21N5O3S. The van der Waals surface area contributed by atoms with Gasteiger partial charge in [0.2, 0.25) is 5.91 Å². The quantitative estimate of drug-likeness (QED) is 0.727. The molecule has 0 unspecified atom stereocenters. The molecule has 134 valence electrons. The van der Waals surface area contributed by atoms with Crippen LogP contribution in [0.15, 0.2) is 35.9 Å². The van der Waals surface area contributed by atoms with E-state index in [9.17, 15) is 4.79 Å². The molecule has 0 spiro atoms. The molecule has 1 fully saturated rings. The average molecular weight is 363 g/mol. The lowest BCUT2D eigenvalue weighted by Crippen LogP contribution is -2.50. The molecule has 0 bridgehead atoms. The summed E-state index contributed by atoms with van der Waals surface area (Å²) in [5, 5.41) is 11.5. The fourth-order valence-corrected chi connectivity index (χ4v) is 3.20. The van der Waals surface area contributed by atoms with Crippen molar-refractivity contribution in [3.05, 3.63) is 36.4 Å². The number of pyridine rings is 1. The maximum absolute atomic E-state index is 12.2. The standard InChI is InChI=1S/C16H21N5O3S/c1-21-11-18-20-16(21)25-10-15(22)19-13-5-7-23-9-14(13)24-8-12-4-2-3-6-17-12/h2-4,6,11,13-14H,5,7-10H2,1H3,(H,19,22)/t13-,14-/m1/s1. The lowest BCUT2D eigenvalue weighted by molar-refractivity contribution is -0.124. The summed E-state index contributed by atoms with van der Waals surface area (Å²) in [6, 6.07) is 5.64. The minimum absolute atomic E-state index is 0.0497. The zero-order chi connectivity index (χ0) is 17.5. The molecule has 3 rings (SSSR count). The predicted molar refractivity (Wildman–Crippen MR) is 91.9 cm³/mol. The Balaban J connectivity index is 1.48. The molecule has 3 heterocycles. The van der Waals surface area contributed by atoms with E-state index in [-0.39, 0.29) is 23.8 Å². The Labute approximate surface area is 150 Å². The van der Waals surface area contributed by atoms with Crippen LogP contribution in [0, 0.1) is 0 Å². The normalized spacial score (nSPS) is 20.4. The number of aryl methyl sites for hydroxylation is 1. The minimum Gasteiger partial charge on any atom is -0.379 e. The van der Waals surface area contributed by atoms with Crippen LogP contribution in [0.5, 0.6) is 0 Å². The number of rotatable bonds is 7. The number of ether oxygens (including phenoxy) is 2. The summed E-state index contributed by atoms with van der Waals surface area (Å²) in [6.07, 6.45) is 3.89. The molecule has 0 aliphatic carbocycles. The smallest absolute Gasteiger partial charge is 0.230 e. The van der Waals surface area contributed by atoms with Crippen molar-refractivity contribution in [1.82, 2.24) is 25.1 Å². The summed E-state index contributed by atoms with van der Waals surface area (Å²) in [5.41, 5.74) is 0.857. The highest BCUT2D eigenvalue weighted by atomic mass is 32.2. The number of thioether (sulfide) groups is 1. The zero-order valence-corrected chi connectivity index (χ0v) is 14.8. The zero-order valence-electron chi connectivity index (χ0n) is 14.0. The first kappa shape index (κ1) is 17.8. The van der Waals surface area contributed by atoms with Gasteiger partial charge >= 0.3 is 0 Å². The molecule has 8 nitrogen and oxygen atoms in total. The van der Waals surface area contributed by atoms with Crippen molar-refractivity contribution >= 4 is 17.7 Å². The van der Waals surface area contributed by atoms with Crippen LogP contribution in [-0.4, -0.2) is 56.8 Å². The number of nitrogens with zero attached hydrogens (tertiary/aromatic N) is 4. The molecule has 1 N–H and O–H groups in total. The monoisotopic (exact) mass is 363 g/mol. The van der Waals surface area contributed by atoms with Crippen molar-refractivity contribution in [2.45, 2.75) is 30.3 Å². The third kappa shape index (κ3) is 5.25. The molecule has 1 saturated heterocycles. The lowest BCUT2D eigenvalue weighted by Gasteiger charge is -2.32. The molecule has 25 heavy (non-hydrogen) atoms. The van der Waals surface area contributed by atoms with Crippen molar-refractivity contribution in [1.29, 1.82) is 0 Å². The molecule has 2 atom stereocenters. The van der Waals surface area contributed by atoms with Crippen molar-refractivity contribution in [3.8, 4) is 0 Å². The second-order valence-electron chi connectivity index (χ2n) is 5.72. The fourth-order valence-electron chi connectivity index (χ4n) is 2.50. The topological polar surface area (TPSA) is 91.2 Å². The lowest BCUT2D eigenvalue weighted by atomic mass is 10.1. The average Bonchev–Trinajstić information content (AvgIpc) is 3.05. The second kappa shape index (κ2) is 8.93. The van der Waals surface area contributed by atoms with Crippen molar-refractivity contribution < 1.29 is 14.3 Å². The summed E-state index contributed by atoms with van der Waals surface area (Å²) in [7, 11) is 1.85. The number of nitrogens with one attached hydrogen (secondary N) is 1. The maximum atomic E-state index is 12.2. The fraction of sp³-hybridized carbons (Fsp3) is 0.500. The Morgan fingerprint density at radius 2 is 2.44 bits per heavy atom. The van der Waals surface area contributed by atoms with Crippen LogP contribution >= 0.6 is 11.8 Å². The summed E-state index contributed by atoms with van der Waals surface area (Å²) in [4.78, 5) is 16.5.